The number of fused-ring (bicyclic) bond motifs is 1. The number of rotatable bonds is 1. The van der Waals surface area contributed by atoms with Gasteiger partial charge in [-0.2, -0.15) is 0 Å². The predicted molar refractivity (Wildman–Crippen MR) is 40.5 cm³/mol. The fraction of sp³-hybridized carbons (Fsp3) is 0.778. The largest absolute Gasteiger partial charge is 0.392 e. The molecule has 1 saturated carbocycles. The van der Waals surface area contributed by atoms with Gasteiger partial charge in [0.2, 0.25) is 0 Å². The van der Waals surface area contributed by atoms with Crippen molar-refractivity contribution in [2.45, 2.75) is 25.9 Å². The highest BCUT2D eigenvalue weighted by Crippen LogP contribution is 2.48. The van der Waals surface area contributed by atoms with E-state index in [1.807, 2.05) is 0 Å². The highest BCUT2D eigenvalue weighted by molar-refractivity contribution is 5.13. The molecule has 10 heavy (non-hydrogen) atoms. The second-order valence-electron chi connectivity index (χ2n) is 3.47. The molecule has 0 heterocycles. The second kappa shape index (κ2) is 2.09. The van der Waals surface area contributed by atoms with Crippen molar-refractivity contribution in [3.05, 3.63) is 12.2 Å². The Bertz CT molecular complexity index is 162. The lowest BCUT2D eigenvalue weighted by Gasteiger charge is -2.45. The normalized spacial score (nSPS) is 50.6. The van der Waals surface area contributed by atoms with Crippen molar-refractivity contribution >= 4 is 0 Å². The molecule has 0 aromatic carbocycles. The summed E-state index contributed by atoms with van der Waals surface area (Å²) in [6.45, 7) is 2.16. The zero-order valence-electron chi connectivity index (χ0n) is 6.33. The first-order chi connectivity index (χ1) is 4.84. The van der Waals surface area contributed by atoms with E-state index >= 15 is 0 Å². The molecule has 1 nitrogen and oxygen atoms in total. The molecule has 1 N–H and O–H groups in total. The van der Waals surface area contributed by atoms with Crippen LogP contribution in [0.1, 0.15) is 19.8 Å². The molecular weight excluding hydrogens is 124 g/mol. The zero-order chi connectivity index (χ0) is 7.14. The maximum Gasteiger partial charge on any atom is 0.0610 e. The third-order valence-electron chi connectivity index (χ3n) is 3.10. The molecule has 0 aromatic heterocycles. The Balaban J connectivity index is 2.06. The van der Waals surface area contributed by atoms with E-state index in [2.05, 4.69) is 19.1 Å². The lowest BCUT2D eigenvalue weighted by molar-refractivity contribution is -0.0737. The molecule has 0 saturated heterocycles. The summed E-state index contributed by atoms with van der Waals surface area (Å²) in [5.74, 6) is 1.88. The third kappa shape index (κ3) is 0.615. The molecular formula is C9H14O. The lowest BCUT2D eigenvalue weighted by Crippen LogP contribution is -2.47. The van der Waals surface area contributed by atoms with Crippen LogP contribution in [0, 0.1) is 17.8 Å². The molecule has 4 atom stereocenters. The Morgan fingerprint density at radius 1 is 1.60 bits per heavy atom. The Hall–Kier alpha value is -0.300. The molecule has 56 valence electrons. The molecule has 2 aliphatic rings. The summed E-state index contributed by atoms with van der Waals surface area (Å²) in [5, 5.41) is 9.54. The van der Waals surface area contributed by atoms with Crippen LogP contribution in [0.2, 0.25) is 0 Å². The van der Waals surface area contributed by atoms with Gasteiger partial charge >= 0.3 is 0 Å². The summed E-state index contributed by atoms with van der Waals surface area (Å²) >= 11 is 0. The molecule has 0 unspecified atom stereocenters. The van der Waals surface area contributed by atoms with Crippen molar-refractivity contribution in [2.24, 2.45) is 17.8 Å². The van der Waals surface area contributed by atoms with Gasteiger partial charge in [0, 0.05) is 0 Å². The predicted octanol–water partition coefficient (Wildman–Crippen LogP) is 1.58. The first-order valence-corrected chi connectivity index (χ1v) is 4.19. The molecule has 2 rings (SSSR count). The van der Waals surface area contributed by atoms with Crippen LogP contribution in [0.3, 0.4) is 0 Å². The fourth-order valence-corrected chi connectivity index (χ4v) is 2.43. The van der Waals surface area contributed by atoms with Crippen molar-refractivity contribution in [3.63, 3.8) is 0 Å². The van der Waals surface area contributed by atoms with Crippen LogP contribution in [0.25, 0.3) is 0 Å². The van der Waals surface area contributed by atoms with E-state index in [1.165, 1.54) is 0 Å². The van der Waals surface area contributed by atoms with Crippen LogP contribution in [-0.2, 0) is 0 Å². The van der Waals surface area contributed by atoms with Gasteiger partial charge in [-0.05, 0) is 24.2 Å². The first-order valence-electron chi connectivity index (χ1n) is 4.19. The van der Waals surface area contributed by atoms with E-state index in [0.717, 1.165) is 18.8 Å². The van der Waals surface area contributed by atoms with Crippen LogP contribution >= 0.6 is 0 Å². The Morgan fingerprint density at radius 3 is 3.10 bits per heavy atom. The Kier molecular flexibility index (Phi) is 1.34. The Morgan fingerprint density at radius 2 is 2.40 bits per heavy atom. The third-order valence-corrected chi connectivity index (χ3v) is 3.10. The van der Waals surface area contributed by atoms with Crippen LogP contribution in [0.4, 0.5) is 0 Å². The minimum absolute atomic E-state index is 0.00463. The maximum atomic E-state index is 9.54. The summed E-state index contributed by atoms with van der Waals surface area (Å²) in [7, 11) is 0. The smallest absolute Gasteiger partial charge is 0.0610 e. The van der Waals surface area contributed by atoms with Gasteiger partial charge < -0.3 is 5.11 Å². The van der Waals surface area contributed by atoms with Gasteiger partial charge in [-0.3, -0.25) is 0 Å². The second-order valence-corrected chi connectivity index (χ2v) is 3.47. The van der Waals surface area contributed by atoms with Gasteiger partial charge in [0.1, 0.15) is 0 Å². The maximum absolute atomic E-state index is 9.54. The molecule has 1 fully saturated rings. The average Bonchev–Trinajstić information content (AvgIpc) is 2.33. The van der Waals surface area contributed by atoms with Crippen LogP contribution in [-0.4, -0.2) is 11.2 Å². The summed E-state index contributed by atoms with van der Waals surface area (Å²) in [5.41, 5.74) is 0. The summed E-state index contributed by atoms with van der Waals surface area (Å²) < 4.78 is 0. The van der Waals surface area contributed by atoms with Crippen molar-refractivity contribution in [1.29, 1.82) is 0 Å². The summed E-state index contributed by atoms with van der Waals surface area (Å²) in [6, 6.07) is 0. The minimum atomic E-state index is 0.00463. The van der Waals surface area contributed by atoms with Crippen molar-refractivity contribution in [3.8, 4) is 0 Å². The molecule has 0 bridgehead atoms. The monoisotopic (exact) mass is 138 g/mol. The van der Waals surface area contributed by atoms with Crippen molar-refractivity contribution in [2.75, 3.05) is 0 Å². The van der Waals surface area contributed by atoms with Gasteiger partial charge in [-0.25, -0.2) is 0 Å². The highest BCUT2D eigenvalue weighted by atomic mass is 16.3. The van der Waals surface area contributed by atoms with Crippen LogP contribution in [0.15, 0.2) is 12.2 Å². The van der Waals surface area contributed by atoms with Gasteiger partial charge in [0.25, 0.3) is 0 Å². The van der Waals surface area contributed by atoms with Crippen LogP contribution < -0.4 is 0 Å². The van der Waals surface area contributed by atoms with Gasteiger partial charge in [-0.1, -0.05) is 25.5 Å². The van der Waals surface area contributed by atoms with E-state index in [0.29, 0.717) is 11.8 Å². The van der Waals surface area contributed by atoms with E-state index < -0.39 is 0 Å². The quantitative estimate of drug-likeness (QED) is 0.545. The number of hydrogen-bond acceptors (Lipinski definition) is 1. The first kappa shape index (κ1) is 6.41. The topological polar surface area (TPSA) is 20.2 Å². The van der Waals surface area contributed by atoms with Crippen molar-refractivity contribution < 1.29 is 5.11 Å². The number of hydrogen-bond donors (Lipinski definition) is 1. The summed E-state index contributed by atoms with van der Waals surface area (Å²) in [4.78, 5) is 0. The standard InChI is InChI=1S/C9H14O/c1-2-6-7-4-3-5-8(7)9(6)10/h3-4,6-10H,2,5H2,1H3/t6-,7+,8+,9-/m1/s1. The van der Waals surface area contributed by atoms with E-state index in [4.69, 9.17) is 0 Å². The molecule has 1 heteroatoms. The molecule has 0 radical (unpaired) electrons. The highest BCUT2D eigenvalue weighted by Gasteiger charge is 2.48. The lowest BCUT2D eigenvalue weighted by atomic mass is 9.63. The number of aliphatic hydroxyl groups is 1. The molecule has 0 spiro atoms. The summed E-state index contributed by atoms with van der Waals surface area (Å²) in [6.07, 6.45) is 6.75. The molecule has 0 aromatic rings. The average molecular weight is 138 g/mol. The van der Waals surface area contributed by atoms with Gasteiger partial charge in [0.05, 0.1) is 6.10 Å². The molecule has 0 amide bonds. The number of aliphatic hydroxyl groups excluding tert-OH is 1. The van der Waals surface area contributed by atoms with Gasteiger partial charge in [-0.15, -0.1) is 0 Å². The molecule has 0 aliphatic heterocycles. The van der Waals surface area contributed by atoms with E-state index in [1.54, 1.807) is 0 Å². The van der Waals surface area contributed by atoms with E-state index in [9.17, 15) is 5.11 Å². The van der Waals surface area contributed by atoms with Crippen molar-refractivity contribution in [1.82, 2.24) is 0 Å². The van der Waals surface area contributed by atoms with Crippen LogP contribution in [0.5, 0.6) is 0 Å². The van der Waals surface area contributed by atoms with Gasteiger partial charge in [0.15, 0.2) is 0 Å². The Labute approximate surface area is 61.8 Å². The molecule has 2 aliphatic carbocycles. The fourth-order valence-electron chi connectivity index (χ4n) is 2.43. The minimum Gasteiger partial charge on any atom is -0.392 e. The SMILES string of the molecule is CC[C@H]1[C@@H](O)[C@H]2CC=C[C@H]21. The zero-order valence-corrected chi connectivity index (χ0v) is 6.33. The number of allylic oxidation sites excluding steroid dienone is 2. The van der Waals surface area contributed by atoms with E-state index in [-0.39, 0.29) is 6.10 Å².